The molecular weight excluding hydrogens is 271 g/mol. The van der Waals surface area contributed by atoms with Crippen molar-refractivity contribution in [1.29, 1.82) is 0 Å². The largest absolute Gasteiger partial charge is 0.452 e. The van der Waals surface area contributed by atoms with Crippen LogP contribution in [-0.4, -0.2) is 6.85 Å². The Morgan fingerprint density at radius 2 is 2.00 bits per heavy atom. The van der Waals surface area contributed by atoms with Crippen molar-refractivity contribution in [2.45, 2.75) is 13.7 Å². The van der Waals surface area contributed by atoms with Gasteiger partial charge in [0.25, 0.3) is 5.82 Å². The quantitative estimate of drug-likeness (QED) is 0.502. The molecule has 0 bridgehead atoms. The van der Waals surface area contributed by atoms with Crippen LogP contribution in [0.25, 0.3) is 23.1 Å². The normalized spacial score (nSPS) is 13.8. The van der Waals surface area contributed by atoms with E-state index in [1.165, 1.54) is 16.2 Å². The van der Waals surface area contributed by atoms with E-state index in [0.29, 0.717) is 0 Å². The maximum absolute atomic E-state index is 6.02. The van der Waals surface area contributed by atoms with Crippen LogP contribution in [-0.2, 0) is 7.05 Å². The zero-order valence-corrected chi connectivity index (χ0v) is 13.1. The highest BCUT2D eigenvalue weighted by molar-refractivity contribution is 6.77. The average molecular weight is 289 g/mol. The van der Waals surface area contributed by atoms with E-state index in [4.69, 9.17) is 4.42 Å². The first-order valence-electron chi connectivity index (χ1n) is 7.59. The van der Waals surface area contributed by atoms with Crippen LogP contribution in [0.3, 0.4) is 0 Å². The molecule has 0 saturated carbocycles. The number of benzene rings is 1. The SMILES string of the molecule is CB1C=c2c(oc3ccccc23)=CN1c1cc(C)cc[n+]1C. The number of rotatable bonds is 1. The zero-order chi connectivity index (χ0) is 15.3. The molecule has 0 fully saturated rings. The van der Waals surface area contributed by atoms with E-state index in [1.54, 1.807) is 0 Å². The van der Waals surface area contributed by atoms with E-state index in [0.717, 1.165) is 16.8 Å². The molecule has 0 radical (unpaired) electrons. The van der Waals surface area contributed by atoms with Gasteiger partial charge >= 0.3 is 6.85 Å². The first-order chi connectivity index (χ1) is 10.6. The molecule has 1 aliphatic heterocycles. The number of furan rings is 1. The molecule has 0 saturated heterocycles. The molecule has 0 spiro atoms. The van der Waals surface area contributed by atoms with E-state index in [2.05, 4.69) is 72.8 Å². The van der Waals surface area contributed by atoms with Crippen molar-refractivity contribution in [3.05, 3.63) is 58.8 Å². The summed E-state index contributed by atoms with van der Waals surface area (Å²) in [6, 6.07) is 12.5. The number of nitrogens with zero attached hydrogens (tertiary/aromatic N) is 2. The Morgan fingerprint density at radius 3 is 2.86 bits per heavy atom. The molecule has 0 unspecified atom stereocenters. The fourth-order valence-corrected chi connectivity index (χ4v) is 3.11. The topological polar surface area (TPSA) is 20.3 Å². The van der Waals surface area contributed by atoms with Crippen molar-refractivity contribution in [3.8, 4) is 0 Å². The minimum Gasteiger partial charge on any atom is -0.452 e. The third-order valence-corrected chi connectivity index (χ3v) is 4.31. The molecular formula is C18H18BN2O+. The van der Waals surface area contributed by atoms with Gasteiger partial charge in [-0.25, -0.2) is 4.57 Å². The second-order valence-electron chi connectivity index (χ2n) is 5.99. The number of aromatic nitrogens is 1. The summed E-state index contributed by atoms with van der Waals surface area (Å²) in [7, 11) is 2.07. The maximum Gasteiger partial charge on any atom is 0.402 e. The van der Waals surface area contributed by atoms with Crippen LogP contribution in [0.4, 0.5) is 5.82 Å². The van der Waals surface area contributed by atoms with Crippen LogP contribution in [0.2, 0.25) is 6.82 Å². The van der Waals surface area contributed by atoms with Crippen LogP contribution in [0.1, 0.15) is 5.56 Å². The second-order valence-corrected chi connectivity index (χ2v) is 5.99. The molecule has 3 nitrogen and oxygen atoms in total. The van der Waals surface area contributed by atoms with Gasteiger partial charge in [0, 0.05) is 16.7 Å². The Hall–Kier alpha value is -2.49. The van der Waals surface area contributed by atoms with Gasteiger partial charge < -0.3 is 4.42 Å². The van der Waals surface area contributed by atoms with E-state index in [1.807, 2.05) is 12.1 Å². The molecule has 0 aliphatic carbocycles. The number of fused-ring (bicyclic) bond motifs is 3. The number of aryl methyl sites for hydroxylation is 2. The molecule has 0 N–H and O–H groups in total. The third-order valence-electron chi connectivity index (χ3n) is 4.31. The summed E-state index contributed by atoms with van der Waals surface area (Å²) in [4.78, 5) is 2.26. The minimum absolute atomic E-state index is 0.279. The molecule has 4 heteroatoms. The fourth-order valence-electron chi connectivity index (χ4n) is 3.11. The smallest absolute Gasteiger partial charge is 0.402 e. The van der Waals surface area contributed by atoms with E-state index >= 15 is 0 Å². The summed E-state index contributed by atoms with van der Waals surface area (Å²) in [6.07, 6.45) is 4.22. The highest BCUT2D eigenvalue weighted by atomic mass is 16.3. The van der Waals surface area contributed by atoms with Gasteiger partial charge in [0.05, 0.1) is 13.2 Å². The van der Waals surface area contributed by atoms with E-state index < -0.39 is 0 Å². The Balaban J connectivity index is 1.96. The monoisotopic (exact) mass is 289 g/mol. The highest BCUT2D eigenvalue weighted by Crippen LogP contribution is 2.16. The molecule has 2 aromatic heterocycles. The Labute approximate surface area is 129 Å². The summed E-state index contributed by atoms with van der Waals surface area (Å²) in [5, 5.41) is 2.39. The van der Waals surface area contributed by atoms with E-state index in [9.17, 15) is 0 Å². The summed E-state index contributed by atoms with van der Waals surface area (Å²) in [6.45, 7) is 4.61. The average Bonchev–Trinajstić information content (AvgIpc) is 2.87. The number of hydrogen-bond donors (Lipinski definition) is 0. The summed E-state index contributed by atoms with van der Waals surface area (Å²) >= 11 is 0. The molecule has 3 heterocycles. The van der Waals surface area contributed by atoms with Gasteiger partial charge in [0.1, 0.15) is 11.8 Å². The van der Waals surface area contributed by atoms with Crippen LogP contribution < -0.4 is 20.0 Å². The van der Waals surface area contributed by atoms with Crippen LogP contribution >= 0.6 is 0 Å². The van der Waals surface area contributed by atoms with Gasteiger partial charge in [-0.1, -0.05) is 24.2 Å². The lowest BCUT2D eigenvalue weighted by Gasteiger charge is -2.18. The molecule has 1 aromatic carbocycles. The first kappa shape index (κ1) is 13.2. The van der Waals surface area contributed by atoms with Crippen LogP contribution in [0.15, 0.2) is 47.0 Å². The van der Waals surface area contributed by atoms with Crippen LogP contribution in [0, 0.1) is 6.92 Å². The highest BCUT2D eigenvalue weighted by Gasteiger charge is 2.29. The van der Waals surface area contributed by atoms with Crippen molar-refractivity contribution in [3.63, 3.8) is 0 Å². The number of pyridine rings is 1. The Kier molecular flexibility index (Phi) is 2.86. The summed E-state index contributed by atoms with van der Waals surface area (Å²) in [5.74, 6) is 3.44. The Bertz CT molecular complexity index is 990. The fraction of sp³-hybridized carbons (Fsp3) is 0.167. The van der Waals surface area contributed by atoms with Gasteiger partial charge in [-0.3, -0.25) is 4.81 Å². The van der Waals surface area contributed by atoms with Gasteiger partial charge in [0.2, 0.25) is 0 Å². The zero-order valence-electron chi connectivity index (χ0n) is 13.1. The van der Waals surface area contributed by atoms with Crippen molar-refractivity contribution in [2.24, 2.45) is 7.05 Å². The lowest BCUT2D eigenvalue weighted by atomic mass is 9.61. The minimum atomic E-state index is 0.279. The number of hydrogen-bond acceptors (Lipinski definition) is 2. The van der Waals surface area contributed by atoms with Gasteiger partial charge in [-0.15, -0.1) is 0 Å². The molecule has 0 atom stereocenters. The number of anilines is 1. The maximum atomic E-state index is 6.02. The van der Waals surface area contributed by atoms with Crippen molar-refractivity contribution < 1.29 is 8.98 Å². The van der Waals surface area contributed by atoms with Gasteiger partial charge in [-0.2, -0.15) is 0 Å². The molecule has 0 amide bonds. The van der Waals surface area contributed by atoms with Gasteiger partial charge in [-0.05, 0) is 31.4 Å². The summed E-state index contributed by atoms with van der Waals surface area (Å²) < 4.78 is 8.16. The Morgan fingerprint density at radius 1 is 1.18 bits per heavy atom. The standard InChI is InChI=1S/C18H18BN2O/c1-13-8-9-20(3)18(10-13)21-12-17-15(11-19(21)2)14-6-4-5-7-16(14)22-17/h4-12H,1-3H3/q+1. The van der Waals surface area contributed by atoms with Gasteiger partial charge in [0.15, 0.2) is 5.42 Å². The third kappa shape index (κ3) is 1.95. The lowest BCUT2D eigenvalue weighted by molar-refractivity contribution is -0.658. The number of para-hydroxylation sites is 1. The van der Waals surface area contributed by atoms with E-state index in [-0.39, 0.29) is 6.85 Å². The van der Waals surface area contributed by atoms with Crippen LogP contribution in [0.5, 0.6) is 0 Å². The lowest BCUT2D eigenvalue weighted by Crippen LogP contribution is -2.47. The predicted octanol–water partition coefficient (Wildman–Crippen LogP) is 1.76. The molecule has 3 aromatic rings. The predicted molar refractivity (Wildman–Crippen MR) is 90.8 cm³/mol. The molecule has 4 rings (SSSR count). The molecule has 108 valence electrons. The summed E-state index contributed by atoms with van der Waals surface area (Å²) in [5.41, 5.74) is 3.13. The van der Waals surface area contributed by atoms with Crippen molar-refractivity contribution in [2.75, 3.05) is 4.81 Å². The first-order valence-corrected chi connectivity index (χ1v) is 7.59. The molecule has 1 aliphatic rings. The molecule has 22 heavy (non-hydrogen) atoms. The van der Waals surface area contributed by atoms with Crippen molar-refractivity contribution >= 4 is 35.8 Å². The van der Waals surface area contributed by atoms with Crippen molar-refractivity contribution in [1.82, 2.24) is 0 Å². The second kappa shape index (κ2) is 4.77.